The van der Waals surface area contributed by atoms with Gasteiger partial charge in [-0.25, -0.2) is 13.6 Å². The molecule has 0 aliphatic rings. The van der Waals surface area contributed by atoms with Gasteiger partial charge < -0.3 is 23.5 Å². The SMILES string of the molecule is COc1cc(/C=C\C(=O)OCc2cc(-c3ccc(F)cc3F)on2)cc(OC)c1OC. The van der Waals surface area contributed by atoms with Crippen LogP contribution in [0.2, 0.25) is 0 Å². The molecule has 162 valence electrons. The van der Waals surface area contributed by atoms with E-state index < -0.39 is 17.6 Å². The van der Waals surface area contributed by atoms with E-state index in [9.17, 15) is 13.6 Å². The molecule has 0 spiro atoms. The van der Waals surface area contributed by atoms with Gasteiger partial charge in [-0.3, -0.25) is 0 Å². The zero-order valence-corrected chi connectivity index (χ0v) is 17.0. The third kappa shape index (κ3) is 5.19. The van der Waals surface area contributed by atoms with Crippen molar-refractivity contribution < 1.29 is 37.0 Å². The summed E-state index contributed by atoms with van der Waals surface area (Å²) in [6, 6.07) is 7.84. The molecule has 3 aromatic rings. The van der Waals surface area contributed by atoms with E-state index in [0.29, 0.717) is 22.8 Å². The van der Waals surface area contributed by atoms with Crippen molar-refractivity contribution in [2.24, 2.45) is 0 Å². The fraction of sp³-hybridized carbons (Fsp3) is 0.182. The molecule has 1 aromatic heterocycles. The average Bonchev–Trinajstić information content (AvgIpc) is 3.24. The first-order valence-electron chi connectivity index (χ1n) is 9.01. The largest absolute Gasteiger partial charge is 0.493 e. The summed E-state index contributed by atoms with van der Waals surface area (Å²) in [5, 5.41) is 3.73. The van der Waals surface area contributed by atoms with Crippen LogP contribution in [-0.2, 0) is 16.1 Å². The smallest absolute Gasteiger partial charge is 0.331 e. The van der Waals surface area contributed by atoms with E-state index in [-0.39, 0.29) is 23.6 Å². The molecule has 0 unspecified atom stereocenters. The highest BCUT2D eigenvalue weighted by Gasteiger charge is 2.14. The number of benzene rings is 2. The maximum Gasteiger partial charge on any atom is 0.331 e. The summed E-state index contributed by atoms with van der Waals surface area (Å²) in [6.45, 7) is -0.190. The Kier molecular flexibility index (Phi) is 6.86. The summed E-state index contributed by atoms with van der Waals surface area (Å²) in [7, 11) is 4.47. The Morgan fingerprint density at radius 1 is 1.03 bits per heavy atom. The Morgan fingerprint density at radius 3 is 2.35 bits per heavy atom. The van der Waals surface area contributed by atoms with E-state index in [4.69, 9.17) is 23.5 Å². The minimum Gasteiger partial charge on any atom is -0.493 e. The highest BCUT2D eigenvalue weighted by Crippen LogP contribution is 2.38. The molecular formula is C22H19F2NO6. The first kappa shape index (κ1) is 21.8. The van der Waals surface area contributed by atoms with Crippen LogP contribution in [0.5, 0.6) is 17.2 Å². The lowest BCUT2D eigenvalue weighted by Gasteiger charge is -2.12. The van der Waals surface area contributed by atoms with Crippen LogP contribution in [0.4, 0.5) is 8.78 Å². The van der Waals surface area contributed by atoms with Crippen molar-refractivity contribution in [1.82, 2.24) is 5.16 Å². The fourth-order valence-corrected chi connectivity index (χ4v) is 2.75. The maximum atomic E-state index is 13.8. The van der Waals surface area contributed by atoms with E-state index >= 15 is 0 Å². The first-order valence-corrected chi connectivity index (χ1v) is 9.01. The molecule has 9 heteroatoms. The van der Waals surface area contributed by atoms with E-state index in [1.54, 1.807) is 12.1 Å². The third-order valence-corrected chi connectivity index (χ3v) is 4.22. The molecule has 0 saturated heterocycles. The van der Waals surface area contributed by atoms with Gasteiger partial charge in [0, 0.05) is 18.2 Å². The molecule has 31 heavy (non-hydrogen) atoms. The van der Waals surface area contributed by atoms with E-state index in [1.165, 1.54) is 45.6 Å². The van der Waals surface area contributed by atoms with Gasteiger partial charge >= 0.3 is 5.97 Å². The van der Waals surface area contributed by atoms with E-state index in [1.807, 2.05) is 0 Å². The van der Waals surface area contributed by atoms with Crippen molar-refractivity contribution in [2.75, 3.05) is 21.3 Å². The topological polar surface area (TPSA) is 80.0 Å². The van der Waals surface area contributed by atoms with Crippen LogP contribution in [0.25, 0.3) is 17.4 Å². The molecular weight excluding hydrogens is 412 g/mol. The molecule has 1 heterocycles. The molecule has 0 bridgehead atoms. The monoisotopic (exact) mass is 431 g/mol. The molecule has 0 amide bonds. The number of hydrogen-bond donors (Lipinski definition) is 0. The molecule has 0 N–H and O–H groups in total. The number of ether oxygens (including phenoxy) is 4. The van der Waals surface area contributed by atoms with Crippen LogP contribution in [0.1, 0.15) is 11.3 Å². The predicted octanol–water partition coefficient (Wildman–Crippen LogP) is 4.40. The van der Waals surface area contributed by atoms with Gasteiger partial charge in [0.05, 0.1) is 26.9 Å². The molecule has 0 saturated carbocycles. The second kappa shape index (κ2) is 9.75. The van der Waals surface area contributed by atoms with Crippen LogP contribution in [0.15, 0.2) is 47.0 Å². The molecule has 2 aromatic carbocycles. The Balaban J connectivity index is 1.64. The standard InChI is InChI=1S/C22H19F2NO6/c1-27-19-8-13(9-20(28-2)22(19)29-3)4-7-21(26)30-12-15-11-18(31-25-15)16-6-5-14(23)10-17(16)24/h4-11H,12H2,1-3H3/b7-4-. The number of halogens is 2. The van der Waals surface area contributed by atoms with Gasteiger partial charge in [0.1, 0.15) is 23.9 Å². The van der Waals surface area contributed by atoms with E-state index in [0.717, 1.165) is 12.1 Å². The van der Waals surface area contributed by atoms with Gasteiger partial charge in [-0.2, -0.15) is 0 Å². The van der Waals surface area contributed by atoms with Crippen molar-refractivity contribution in [1.29, 1.82) is 0 Å². The molecule has 0 aliphatic heterocycles. The zero-order chi connectivity index (χ0) is 22.4. The minimum absolute atomic E-state index is 0.0498. The number of nitrogens with zero attached hydrogens (tertiary/aromatic N) is 1. The van der Waals surface area contributed by atoms with Crippen molar-refractivity contribution in [3.63, 3.8) is 0 Å². The molecule has 0 radical (unpaired) electrons. The summed E-state index contributed by atoms with van der Waals surface area (Å²) in [5.74, 6) is -0.704. The predicted molar refractivity (Wildman–Crippen MR) is 107 cm³/mol. The average molecular weight is 431 g/mol. The van der Waals surface area contributed by atoms with Crippen LogP contribution >= 0.6 is 0 Å². The third-order valence-electron chi connectivity index (χ3n) is 4.22. The highest BCUT2D eigenvalue weighted by atomic mass is 19.1. The summed E-state index contributed by atoms with van der Waals surface area (Å²) < 4.78 is 52.8. The normalized spacial score (nSPS) is 10.9. The lowest BCUT2D eigenvalue weighted by atomic mass is 10.1. The summed E-state index contributed by atoms with van der Waals surface area (Å²) >= 11 is 0. The van der Waals surface area contributed by atoms with Gasteiger partial charge in [0.2, 0.25) is 5.75 Å². The molecule has 0 atom stereocenters. The van der Waals surface area contributed by atoms with Crippen LogP contribution in [0.3, 0.4) is 0 Å². The van der Waals surface area contributed by atoms with Crippen LogP contribution < -0.4 is 14.2 Å². The number of esters is 1. The minimum atomic E-state index is -0.784. The second-order valence-corrected chi connectivity index (χ2v) is 6.21. The number of hydrogen-bond acceptors (Lipinski definition) is 7. The van der Waals surface area contributed by atoms with Gasteiger partial charge in [0.25, 0.3) is 0 Å². The highest BCUT2D eigenvalue weighted by molar-refractivity contribution is 5.87. The Bertz CT molecular complexity index is 1080. The van der Waals surface area contributed by atoms with Gasteiger partial charge in [-0.15, -0.1) is 0 Å². The zero-order valence-electron chi connectivity index (χ0n) is 17.0. The Hall–Kier alpha value is -3.88. The van der Waals surface area contributed by atoms with E-state index in [2.05, 4.69) is 5.16 Å². The van der Waals surface area contributed by atoms with Gasteiger partial charge in [-0.05, 0) is 35.9 Å². The molecule has 3 rings (SSSR count). The Morgan fingerprint density at radius 2 is 1.74 bits per heavy atom. The first-order chi connectivity index (χ1) is 14.9. The molecule has 0 aliphatic carbocycles. The quantitative estimate of drug-likeness (QED) is 0.386. The fourth-order valence-electron chi connectivity index (χ4n) is 2.75. The van der Waals surface area contributed by atoms with Crippen LogP contribution in [0, 0.1) is 11.6 Å². The molecule has 7 nitrogen and oxygen atoms in total. The number of rotatable bonds is 8. The lowest BCUT2D eigenvalue weighted by molar-refractivity contribution is -0.139. The number of aromatic nitrogens is 1. The van der Waals surface area contributed by atoms with Gasteiger partial charge in [-0.1, -0.05) is 5.16 Å². The van der Waals surface area contributed by atoms with Crippen molar-refractivity contribution >= 4 is 12.0 Å². The number of carbonyl (C=O) groups is 1. The number of carbonyl (C=O) groups excluding carboxylic acids is 1. The summed E-state index contributed by atoms with van der Waals surface area (Å²) in [6.07, 6.45) is 2.75. The lowest BCUT2D eigenvalue weighted by Crippen LogP contribution is -2.01. The van der Waals surface area contributed by atoms with Gasteiger partial charge in [0.15, 0.2) is 17.3 Å². The van der Waals surface area contributed by atoms with Crippen LogP contribution in [-0.4, -0.2) is 32.5 Å². The molecule has 0 fully saturated rings. The van der Waals surface area contributed by atoms with Crippen molar-refractivity contribution in [3.05, 3.63) is 65.4 Å². The Labute approximate surface area is 176 Å². The summed E-state index contributed by atoms with van der Waals surface area (Å²) in [5.41, 5.74) is 0.948. The maximum absolute atomic E-state index is 13.8. The van der Waals surface area contributed by atoms with Crippen molar-refractivity contribution in [2.45, 2.75) is 6.61 Å². The number of methoxy groups -OCH3 is 3. The summed E-state index contributed by atoms with van der Waals surface area (Å²) in [4.78, 5) is 12.0. The van der Waals surface area contributed by atoms with Crippen molar-refractivity contribution in [3.8, 4) is 28.6 Å². The second-order valence-electron chi connectivity index (χ2n) is 6.21.